The molecule has 0 saturated heterocycles. The topological polar surface area (TPSA) is 84.2 Å². The first-order valence-corrected chi connectivity index (χ1v) is 11.7. The van der Waals surface area contributed by atoms with Crippen LogP contribution >= 0.6 is 0 Å². The fraction of sp³-hybridized carbons (Fsp3) is 0.172. The predicted octanol–water partition coefficient (Wildman–Crippen LogP) is 6.80. The summed E-state index contributed by atoms with van der Waals surface area (Å²) in [6.45, 7) is 1.93. The summed E-state index contributed by atoms with van der Waals surface area (Å²) in [6, 6.07) is 14.8. The largest absolute Gasteiger partial charge is 0.493 e. The monoisotopic (exact) mass is 540 g/mol. The Morgan fingerprint density at radius 1 is 0.923 bits per heavy atom. The second kappa shape index (κ2) is 11.3. The van der Waals surface area contributed by atoms with Crippen molar-refractivity contribution >= 4 is 23.0 Å². The van der Waals surface area contributed by atoms with E-state index >= 15 is 0 Å². The Bertz CT molecular complexity index is 1590. The highest BCUT2D eigenvalue weighted by Crippen LogP contribution is 2.38. The lowest BCUT2D eigenvalue weighted by Gasteiger charge is -2.13. The van der Waals surface area contributed by atoms with Gasteiger partial charge < -0.3 is 23.4 Å². The molecule has 0 amide bonds. The molecule has 0 atom stereocenters. The number of alkyl halides is 3. The number of rotatable bonds is 8. The van der Waals surface area contributed by atoms with Gasteiger partial charge in [-0.2, -0.15) is 13.2 Å². The van der Waals surface area contributed by atoms with Gasteiger partial charge >= 0.3 is 12.1 Å². The van der Waals surface area contributed by atoms with Crippen LogP contribution in [0, 0.1) is 0 Å². The number of carbonyl (C=O) groups excluding carboxylic acids is 1. The summed E-state index contributed by atoms with van der Waals surface area (Å²) in [5.41, 5.74) is 0.120. The molecular formula is C29H23F3O7. The molecule has 0 bridgehead atoms. The number of hydrogen-bond donors (Lipinski definition) is 0. The van der Waals surface area contributed by atoms with Crippen LogP contribution in [-0.2, 0) is 17.4 Å². The van der Waals surface area contributed by atoms with Gasteiger partial charge in [0.15, 0.2) is 11.5 Å². The zero-order valence-corrected chi connectivity index (χ0v) is 21.1. The molecule has 0 aliphatic rings. The second-order valence-corrected chi connectivity index (χ2v) is 8.21. The van der Waals surface area contributed by atoms with E-state index in [1.807, 2.05) is 6.92 Å². The average molecular weight is 540 g/mol. The third-order valence-corrected chi connectivity index (χ3v) is 5.67. The van der Waals surface area contributed by atoms with Crippen LogP contribution in [0.3, 0.4) is 0 Å². The lowest BCUT2D eigenvalue weighted by Crippen LogP contribution is -2.15. The van der Waals surface area contributed by atoms with E-state index in [9.17, 15) is 22.8 Å². The molecule has 202 valence electrons. The number of hydrogen-bond acceptors (Lipinski definition) is 7. The molecule has 0 spiro atoms. The fourth-order valence-corrected chi connectivity index (χ4v) is 3.68. The molecule has 4 aromatic rings. The normalized spacial score (nSPS) is 11.5. The van der Waals surface area contributed by atoms with Crippen molar-refractivity contribution in [1.29, 1.82) is 0 Å². The van der Waals surface area contributed by atoms with Crippen molar-refractivity contribution in [1.82, 2.24) is 0 Å². The Morgan fingerprint density at radius 3 is 2.26 bits per heavy atom. The summed E-state index contributed by atoms with van der Waals surface area (Å²) < 4.78 is 67.5. The molecule has 1 aromatic heterocycles. The van der Waals surface area contributed by atoms with Crippen LogP contribution in [-0.4, -0.2) is 20.2 Å². The molecule has 0 aliphatic carbocycles. The van der Waals surface area contributed by atoms with Crippen molar-refractivity contribution in [2.24, 2.45) is 0 Å². The summed E-state index contributed by atoms with van der Waals surface area (Å²) >= 11 is 0. The van der Waals surface area contributed by atoms with Crippen LogP contribution in [0.25, 0.3) is 17.0 Å². The van der Waals surface area contributed by atoms with Gasteiger partial charge in [-0.3, -0.25) is 4.79 Å². The van der Waals surface area contributed by atoms with E-state index in [-0.39, 0.29) is 16.9 Å². The molecule has 0 N–H and O–H groups in total. The van der Waals surface area contributed by atoms with Crippen molar-refractivity contribution < 1.29 is 41.3 Å². The van der Waals surface area contributed by atoms with E-state index in [4.69, 9.17) is 23.4 Å². The van der Waals surface area contributed by atoms with Gasteiger partial charge in [0, 0.05) is 12.1 Å². The highest BCUT2D eigenvalue weighted by molar-refractivity contribution is 5.89. The number of aryl methyl sites for hydroxylation is 1. The number of benzene rings is 3. The maximum Gasteiger partial charge on any atom is 0.453 e. The van der Waals surface area contributed by atoms with Gasteiger partial charge in [-0.15, -0.1) is 0 Å². The average Bonchev–Trinajstić information content (AvgIpc) is 2.92. The summed E-state index contributed by atoms with van der Waals surface area (Å²) in [6.07, 6.45) is -1.71. The van der Waals surface area contributed by atoms with E-state index in [1.165, 1.54) is 44.6 Å². The molecular weight excluding hydrogens is 517 g/mol. The molecule has 10 heteroatoms. The lowest BCUT2D eigenvalue weighted by molar-refractivity contribution is -0.154. The van der Waals surface area contributed by atoms with E-state index < -0.39 is 34.7 Å². The van der Waals surface area contributed by atoms with Crippen molar-refractivity contribution in [2.45, 2.75) is 19.5 Å². The van der Waals surface area contributed by atoms with Crippen molar-refractivity contribution in [2.75, 3.05) is 14.2 Å². The molecule has 4 rings (SSSR count). The lowest BCUT2D eigenvalue weighted by atomic mass is 10.1. The van der Waals surface area contributed by atoms with Crippen LogP contribution in [0.1, 0.15) is 23.8 Å². The van der Waals surface area contributed by atoms with Gasteiger partial charge in [0.1, 0.15) is 17.1 Å². The van der Waals surface area contributed by atoms with E-state index in [0.717, 1.165) is 24.1 Å². The van der Waals surface area contributed by atoms with Gasteiger partial charge in [-0.1, -0.05) is 25.1 Å². The minimum atomic E-state index is -5.03. The number of methoxy groups -OCH3 is 2. The molecule has 1 heterocycles. The standard InChI is InChI=1S/C29H23F3O7/c1-4-17-5-9-19(10-6-17)38-27-26(34)21-12-11-20(16-23(21)39-28(27)29(30,31)32)37-25(33)14-8-18-7-13-22(35-2)24(15-18)36-3/h5-16H,4H2,1-3H3. The van der Waals surface area contributed by atoms with Gasteiger partial charge in [0.25, 0.3) is 5.76 Å². The third kappa shape index (κ3) is 6.23. The molecule has 0 aliphatic heterocycles. The molecule has 3 aromatic carbocycles. The Labute approximate surface area is 221 Å². The Kier molecular flexibility index (Phi) is 7.94. The van der Waals surface area contributed by atoms with Crippen molar-refractivity contribution in [3.63, 3.8) is 0 Å². The fourth-order valence-electron chi connectivity index (χ4n) is 3.68. The molecule has 0 unspecified atom stereocenters. The Hall–Kier alpha value is -4.73. The minimum Gasteiger partial charge on any atom is -0.493 e. The first kappa shape index (κ1) is 27.3. The van der Waals surface area contributed by atoms with Crippen LogP contribution in [0.5, 0.6) is 28.7 Å². The van der Waals surface area contributed by atoms with E-state index in [2.05, 4.69) is 0 Å². The smallest absolute Gasteiger partial charge is 0.453 e. The molecule has 7 nitrogen and oxygen atoms in total. The summed E-state index contributed by atoms with van der Waals surface area (Å²) in [5.74, 6) is -2.49. The van der Waals surface area contributed by atoms with Gasteiger partial charge in [-0.05, 0) is 60.0 Å². The zero-order valence-electron chi connectivity index (χ0n) is 21.1. The number of carbonyl (C=O) groups is 1. The number of halogens is 3. The first-order valence-electron chi connectivity index (χ1n) is 11.7. The van der Waals surface area contributed by atoms with Crippen molar-refractivity contribution in [3.8, 4) is 28.7 Å². The quantitative estimate of drug-likeness (QED) is 0.138. The maximum absolute atomic E-state index is 13.8. The summed E-state index contributed by atoms with van der Waals surface area (Å²) in [7, 11) is 2.97. The predicted molar refractivity (Wildman–Crippen MR) is 138 cm³/mol. The summed E-state index contributed by atoms with van der Waals surface area (Å²) in [4.78, 5) is 25.3. The van der Waals surface area contributed by atoms with E-state index in [0.29, 0.717) is 17.1 Å². The van der Waals surface area contributed by atoms with Crippen LogP contribution in [0.2, 0.25) is 0 Å². The van der Waals surface area contributed by atoms with Gasteiger partial charge in [-0.25, -0.2) is 4.79 Å². The molecule has 0 saturated carbocycles. The zero-order chi connectivity index (χ0) is 28.2. The molecule has 39 heavy (non-hydrogen) atoms. The SMILES string of the molecule is CCc1ccc(Oc2c(C(F)(F)F)oc3cc(OC(=O)C=Cc4ccc(OC)c(OC)c4)ccc3c2=O)cc1. The number of ether oxygens (including phenoxy) is 4. The number of esters is 1. The highest BCUT2D eigenvalue weighted by Gasteiger charge is 2.40. The van der Waals surface area contributed by atoms with E-state index in [1.54, 1.807) is 30.3 Å². The van der Waals surface area contributed by atoms with Crippen LogP contribution in [0.15, 0.2) is 76.0 Å². The Balaban J connectivity index is 1.61. The molecule has 0 radical (unpaired) electrons. The molecule has 0 fully saturated rings. The van der Waals surface area contributed by atoms with Crippen LogP contribution in [0.4, 0.5) is 13.2 Å². The van der Waals surface area contributed by atoms with Crippen molar-refractivity contribution in [3.05, 3.63) is 93.9 Å². The second-order valence-electron chi connectivity index (χ2n) is 8.21. The first-order chi connectivity index (χ1) is 18.6. The maximum atomic E-state index is 13.8. The van der Waals surface area contributed by atoms with Gasteiger partial charge in [0.2, 0.25) is 11.2 Å². The minimum absolute atomic E-state index is 0.0520. The Morgan fingerprint density at radius 2 is 1.62 bits per heavy atom. The third-order valence-electron chi connectivity index (χ3n) is 5.67. The highest BCUT2D eigenvalue weighted by atomic mass is 19.4. The van der Waals surface area contributed by atoms with Crippen LogP contribution < -0.4 is 24.4 Å². The van der Waals surface area contributed by atoms with Gasteiger partial charge in [0.05, 0.1) is 19.6 Å². The number of fused-ring (bicyclic) bond motifs is 1. The summed E-state index contributed by atoms with van der Waals surface area (Å²) in [5, 5.41) is -0.177.